The number of nitrogen functional groups attached to an aromatic ring is 1. The molecule has 2 aromatic rings. The molecule has 0 unspecified atom stereocenters. The molecule has 0 saturated carbocycles. The highest BCUT2D eigenvalue weighted by molar-refractivity contribution is 6.30. The van der Waals surface area contributed by atoms with Crippen LogP contribution in [0.15, 0.2) is 36.4 Å². The Kier molecular flexibility index (Phi) is 3.62. The van der Waals surface area contributed by atoms with Crippen LogP contribution in [0.2, 0.25) is 5.02 Å². The first-order valence-electron chi connectivity index (χ1n) is 5.54. The van der Waals surface area contributed by atoms with Crippen LogP contribution in [0.4, 0.5) is 5.69 Å². The summed E-state index contributed by atoms with van der Waals surface area (Å²) in [4.78, 5) is 10.8. The Morgan fingerprint density at radius 3 is 2.47 bits per heavy atom. The molecular weight excluding hydrogens is 266 g/mol. The summed E-state index contributed by atoms with van der Waals surface area (Å²) in [5.74, 6) is 0.00974. The zero-order chi connectivity index (χ0) is 14.0. The van der Waals surface area contributed by atoms with Gasteiger partial charge in [-0.3, -0.25) is 0 Å². The molecule has 0 aliphatic rings. The van der Waals surface area contributed by atoms with Gasteiger partial charge in [-0.25, -0.2) is 4.79 Å². The van der Waals surface area contributed by atoms with E-state index in [4.69, 9.17) is 27.2 Å². The van der Waals surface area contributed by atoms with Crippen molar-refractivity contribution in [2.24, 2.45) is 0 Å². The second kappa shape index (κ2) is 5.20. The van der Waals surface area contributed by atoms with Gasteiger partial charge in [-0.15, -0.1) is 0 Å². The van der Waals surface area contributed by atoms with E-state index in [0.29, 0.717) is 16.5 Å². The standard InChI is InChI=1S/C14H12ClNO3/c1-8-6-10(15)3-5-12(8)19-13-4-2-9(14(17)18)7-11(13)16/h2-7H,16H2,1H3,(H,17,18). The van der Waals surface area contributed by atoms with Gasteiger partial charge >= 0.3 is 5.97 Å². The number of halogens is 1. The van der Waals surface area contributed by atoms with Gasteiger partial charge < -0.3 is 15.6 Å². The van der Waals surface area contributed by atoms with Crippen molar-refractivity contribution in [1.82, 2.24) is 0 Å². The fraction of sp³-hybridized carbons (Fsp3) is 0.0714. The molecule has 19 heavy (non-hydrogen) atoms. The Morgan fingerprint density at radius 1 is 1.21 bits per heavy atom. The van der Waals surface area contributed by atoms with E-state index in [1.54, 1.807) is 18.2 Å². The van der Waals surface area contributed by atoms with Gasteiger partial charge in [0.15, 0.2) is 0 Å². The van der Waals surface area contributed by atoms with Crippen molar-refractivity contribution in [3.8, 4) is 11.5 Å². The van der Waals surface area contributed by atoms with Crippen LogP contribution in [-0.4, -0.2) is 11.1 Å². The predicted octanol–water partition coefficient (Wildman–Crippen LogP) is 3.72. The summed E-state index contributed by atoms with van der Waals surface area (Å²) < 4.78 is 5.65. The fourth-order valence-corrected chi connectivity index (χ4v) is 1.85. The number of benzene rings is 2. The quantitative estimate of drug-likeness (QED) is 0.839. The number of rotatable bonds is 3. The second-order valence-corrected chi connectivity index (χ2v) is 4.51. The number of hydrogen-bond donors (Lipinski definition) is 2. The molecule has 0 amide bonds. The Labute approximate surface area is 115 Å². The van der Waals surface area contributed by atoms with Gasteiger partial charge in [0.2, 0.25) is 0 Å². The van der Waals surface area contributed by atoms with E-state index in [9.17, 15) is 4.79 Å². The van der Waals surface area contributed by atoms with Crippen molar-refractivity contribution in [1.29, 1.82) is 0 Å². The minimum Gasteiger partial charge on any atom is -0.478 e. The Hall–Kier alpha value is -2.20. The van der Waals surface area contributed by atoms with Crippen LogP contribution in [0.5, 0.6) is 11.5 Å². The first-order chi connectivity index (χ1) is 8.97. The van der Waals surface area contributed by atoms with E-state index in [0.717, 1.165) is 5.56 Å². The number of nitrogens with two attached hydrogens (primary N) is 1. The second-order valence-electron chi connectivity index (χ2n) is 4.07. The molecule has 0 spiro atoms. The van der Waals surface area contributed by atoms with Crippen LogP contribution in [0.25, 0.3) is 0 Å². The molecule has 3 N–H and O–H groups in total. The van der Waals surface area contributed by atoms with Crippen LogP contribution in [-0.2, 0) is 0 Å². The summed E-state index contributed by atoms with van der Waals surface area (Å²) in [5.41, 5.74) is 7.04. The maximum absolute atomic E-state index is 10.8. The number of hydrogen-bond acceptors (Lipinski definition) is 3. The van der Waals surface area contributed by atoms with Gasteiger partial charge in [-0.05, 0) is 48.9 Å². The molecule has 0 atom stereocenters. The predicted molar refractivity (Wildman–Crippen MR) is 74.1 cm³/mol. The lowest BCUT2D eigenvalue weighted by atomic mass is 10.2. The van der Waals surface area contributed by atoms with Crippen molar-refractivity contribution in [2.45, 2.75) is 6.92 Å². The van der Waals surface area contributed by atoms with Crippen molar-refractivity contribution in [3.05, 3.63) is 52.5 Å². The SMILES string of the molecule is Cc1cc(Cl)ccc1Oc1ccc(C(=O)O)cc1N. The van der Waals surface area contributed by atoms with Crippen LogP contribution < -0.4 is 10.5 Å². The molecule has 0 bridgehead atoms. The third-order valence-corrected chi connectivity index (χ3v) is 2.85. The van der Waals surface area contributed by atoms with Crippen molar-refractivity contribution >= 4 is 23.3 Å². The minimum absolute atomic E-state index is 0.123. The Balaban J connectivity index is 2.31. The maximum atomic E-state index is 10.8. The largest absolute Gasteiger partial charge is 0.478 e. The van der Waals surface area contributed by atoms with Gasteiger partial charge in [-0.1, -0.05) is 11.6 Å². The molecule has 98 valence electrons. The van der Waals surface area contributed by atoms with Crippen molar-refractivity contribution in [2.75, 3.05) is 5.73 Å². The van der Waals surface area contributed by atoms with E-state index in [1.165, 1.54) is 18.2 Å². The summed E-state index contributed by atoms with van der Waals surface area (Å²) in [6, 6.07) is 9.57. The smallest absolute Gasteiger partial charge is 0.335 e. The molecule has 0 saturated heterocycles. The summed E-state index contributed by atoms with van der Waals surface area (Å²) in [6.07, 6.45) is 0. The highest BCUT2D eigenvalue weighted by Gasteiger charge is 2.09. The topological polar surface area (TPSA) is 72.5 Å². The van der Waals surface area contributed by atoms with Crippen LogP contribution >= 0.6 is 11.6 Å². The van der Waals surface area contributed by atoms with Gasteiger partial charge in [-0.2, -0.15) is 0 Å². The number of carboxylic acids is 1. The Morgan fingerprint density at radius 2 is 1.89 bits per heavy atom. The summed E-state index contributed by atoms with van der Waals surface area (Å²) in [7, 11) is 0. The van der Waals surface area contributed by atoms with Gasteiger partial charge in [0.05, 0.1) is 11.3 Å². The average Bonchev–Trinajstić information content (AvgIpc) is 2.34. The molecule has 0 aromatic heterocycles. The van der Waals surface area contributed by atoms with Crippen LogP contribution in [0.3, 0.4) is 0 Å². The van der Waals surface area contributed by atoms with Crippen LogP contribution in [0, 0.1) is 6.92 Å². The number of anilines is 1. The van der Waals surface area contributed by atoms with Crippen molar-refractivity contribution < 1.29 is 14.6 Å². The third-order valence-electron chi connectivity index (χ3n) is 2.61. The number of aryl methyl sites for hydroxylation is 1. The monoisotopic (exact) mass is 277 g/mol. The van der Waals surface area contributed by atoms with E-state index in [1.807, 2.05) is 6.92 Å². The van der Waals surface area contributed by atoms with Gasteiger partial charge in [0, 0.05) is 5.02 Å². The molecular formula is C14H12ClNO3. The first kappa shape index (κ1) is 13.2. The van der Waals surface area contributed by atoms with Crippen molar-refractivity contribution in [3.63, 3.8) is 0 Å². The first-order valence-corrected chi connectivity index (χ1v) is 5.92. The zero-order valence-electron chi connectivity index (χ0n) is 10.2. The lowest BCUT2D eigenvalue weighted by Gasteiger charge is -2.11. The third kappa shape index (κ3) is 2.98. The van der Waals surface area contributed by atoms with E-state index >= 15 is 0 Å². The molecule has 0 radical (unpaired) electrons. The molecule has 2 rings (SSSR count). The molecule has 0 aliphatic heterocycles. The number of carbonyl (C=O) groups is 1. The Bertz CT molecular complexity index is 641. The molecule has 2 aromatic carbocycles. The highest BCUT2D eigenvalue weighted by atomic mass is 35.5. The van der Waals surface area contributed by atoms with E-state index < -0.39 is 5.97 Å². The maximum Gasteiger partial charge on any atom is 0.335 e. The van der Waals surface area contributed by atoms with Gasteiger partial charge in [0.25, 0.3) is 0 Å². The molecule has 5 heteroatoms. The fourth-order valence-electron chi connectivity index (χ4n) is 1.62. The summed E-state index contributed by atoms with van der Waals surface area (Å²) in [5, 5.41) is 9.48. The van der Waals surface area contributed by atoms with E-state index in [-0.39, 0.29) is 11.3 Å². The number of ether oxygens (including phenoxy) is 1. The molecule has 0 aliphatic carbocycles. The average molecular weight is 278 g/mol. The number of carboxylic acid groups (broad SMARTS) is 1. The number of aromatic carboxylic acids is 1. The summed E-state index contributed by atoms with van der Waals surface area (Å²) in [6.45, 7) is 1.86. The lowest BCUT2D eigenvalue weighted by Crippen LogP contribution is -1.99. The minimum atomic E-state index is -1.03. The lowest BCUT2D eigenvalue weighted by molar-refractivity contribution is 0.0697. The molecule has 4 nitrogen and oxygen atoms in total. The van der Waals surface area contributed by atoms with Crippen LogP contribution in [0.1, 0.15) is 15.9 Å². The normalized spacial score (nSPS) is 10.2. The zero-order valence-corrected chi connectivity index (χ0v) is 10.9. The van der Waals surface area contributed by atoms with E-state index in [2.05, 4.69) is 0 Å². The highest BCUT2D eigenvalue weighted by Crippen LogP contribution is 2.31. The molecule has 0 heterocycles. The van der Waals surface area contributed by atoms with Gasteiger partial charge in [0.1, 0.15) is 11.5 Å². The summed E-state index contributed by atoms with van der Waals surface area (Å²) >= 11 is 5.86. The molecule has 0 fully saturated rings.